The summed E-state index contributed by atoms with van der Waals surface area (Å²) in [6.07, 6.45) is 0. The highest BCUT2D eigenvalue weighted by Crippen LogP contribution is 2.18. The molecule has 1 fully saturated rings. The summed E-state index contributed by atoms with van der Waals surface area (Å²) in [4.78, 5) is 16.3. The molecule has 26 heavy (non-hydrogen) atoms. The molecule has 4 nitrogen and oxygen atoms in total. The maximum absolute atomic E-state index is 13.7. The molecule has 1 saturated heterocycles. The quantitative estimate of drug-likeness (QED) is 0.815. The van der Waals surface area contributed by atoms with Gasteiger partial charge >= 0.3 is 6.61 Å². The molecular weight excluding hydrogens is 345 g/mol. The Morgan fingerprint density at radius 3 is 2.46 bits per heavy atom. The first-order valence-corrected chi connectivity index (χ1v) is 8.33. The Bertz CT molecular complexity index is 762. The van der Waals surface area contributed by atoms with E-state index in [2.05, 4.69) is 9.64 Å². The van der Waals surface area contributed by atoms with Gasteiger partial charge in [-0.2, -0.15) is 8.78 Å². The number of hydrogen-bond donors (Lipinski definition) is 0. The van der Waals surface area contributed by atoms with Crippen LogP contribution in [0.25, 0.3) is 0 Å². The first-order chi connectivity index (χ1) is 12.5. The molecule has 2 aromatic carbocycles. The highest BCUT2D eigenvalue weighted by atomic mass is 19.3. The number of amides is 1. The lowest BCUT2D eigenvalue weighted by atomic mass is 10.1. The minimum absolute atomic E-state index is 0.0379. The van der Waals surface area contributed by atoms with Crippen LogP contribution in [-0.4, -0.2) is 48.5 Å². The summed E-state index contributed by atoms with van der Waals surface area (Å²) in [5, 5.41) is 0. The Hall–Kier alpha value is -2.54. The molecule has 7 heteroatoms. The van der Waals surface area contributed by atoms with Gasteiger partial charge in [0.1, 0.15) is 11.6 Å². The number of hydrogen-bond acceptors (Lipinski definition) is 3. The van der Waals surface area contributed by atoms with Crippen molar-refractivity contribution in [3.05, 3.63) is 65.5 Å². The molecule has 1 heterocycles. The van der Waals surface area contributed by atoms with Crippen molar-refractivity contribution in [1.82, 2.24) is 9.80 Å². The van der Waals surface area contributed by atoms with E-state index in [4.69, 9.17) is 0 Å². The molecule has 0 bridgehead atoms. The summed E-state index contributed by atoms with van der Waals surface area (Å²) in [7, 11) is 0. The molecule has 3 rings (SSSR count). The van der Waals surface area contributed by atoms with E-state index >= 15 is 0 Å². The summed E-state index contributed by atoms with van der Waals surface area (Å²) in [5.41, 5.74) is 0.940. The molecule has 0 spiro atoms. The molecule has 138 valence electrons. The van der Waals surface area contributed by atoms with E-state index in [1.54, 1.807) is 29.2 Å². The van der Waals surface area contributed by atoms with Crippen LogP contribution in [0.4, 0.5) is 13.2 Å². The van der Waals surface area contributed by atoms with Crippen molar-refractivity contribution >= 4 is 5.91 Å². The maximum atomic E-state index is 13.7. The second kappa shape index (κ2) is 8.23. The van der Waals surface area contributed by atoms with Crippen LogP contribution in [0.1, 0.15) is 15.9 Å². The van der Waals surface area contributed by atoms with Crippen LogP contribution < -0.4 is 4.74 Å². The first-order valence-electron chi connectivity index (χ1n) is 8.33. The normalized spacial score (nSPS) is 15.3. The average molecular weight is 364 g/mol. The van der Waals surface area contributed by atoms with E-state index < -0.39 is 6.61 Å². The predicted molar refractivity (Wildman–Crippen MR) is 90.7 cm³/mol. The topological polar surface area (TPSA) is 32.8 Å². The molecule has 0 radical (unpaired) electrons. The van der Waals surface area contributed by atoms with E-state index in [1.807, 2.05) is 0 Å². The van der Waals surface area contributed by atoms with Crippen LogP contribution in [-0.2, 0) is 6.54 Å². The smallest absolute Gasteiger partial charge is 0.387 e. The molecule has 0 aromatic heterocycles. The fourth-order valence-electron chi connectivity index (χ4n) is 2.96. The van der Waals surface area contributed by atoms with Gasteiger partial charge in [0.15, 0.2) is 0 Å². The van der Waals surface area contributed by atoms with Gasteiger partial charge in [-0.25, -0.2) is 4.39 Å². The van der Waals surface area contributed by atoms with Gasteiger partial charge in [0.25, 0.3) is 5.91 Å². The zero-order valence-electron chi connectivity index (χ0n) is 14.1. The number of rotatable bonds is 5. The molecule has 1 aliphatic heterocycles. The fourth-order valence-corrected chi connectivity index (χ4v) is 2.96. The molecule has 0 aliphatic carbocycles. The van der Waals surface area contributed by atoms with Gasteiger partial charge < -0.3 is 9.64 Å². The fraction of sp³-hybridized carbons (Fsp3) is 0.316. The lowest BCUT2D eigenvalue weighted by Crippen LogP contribution is -2.48. The highest BCUT2D eigenvalue weighted by Gasteiger charge is 2.23. The first kappa shape index (κ1) is 18.3. The molecular formula is C19H19F3N2O2. The van der Waals surface area contributed by atoms with Crippen molar-refractivity contribution in [2.75, 3.05) is 26.2 Å². The van der Waals surface area contributed by atoms with E-state index in [-0.39, 0.29) is 17.5 Å². The van der Waals surface area contributed by atoms with Crippen LogP contribution in [0.5, 0.6) is 5.75 Å². The van der Waals surface area contributed by atoms with E-state index in [9.17, 15) is 18.0 Å². The number of carbonyl (C=O) groups is 1. The predicted octanol–water partition coefficient (Wildman–Crippen LogP) is 3.39. The lowest BCUT2D eigenvalue weighted by Gasteiger charge is -2.34. The van der Waals surface area contributed by atoms with Crippen LogP contribution in [0, 0.1) is 5.82 Å². The Labute approximate surface area is 149 Å². The van der Waals surface area contributed by atoms with Crippen molar-refractivity contribution in [2.24, 2.45) is 0 Å². The molecule has 0 unspecified atom stereocenters. The Kier molecular flexibility index (Phi) is 5.78. The zero-order chi connectivity index (χ0) is 18.5. The summed E-state index contributed by atoms with van der Waals surface area (Å²) in [6.45, 7) is -0.213. The Morgan fingerprint density at radius 1 is 1.04 bits per heavy atom. The van der Waals surface area contributed by atoms with Gasteiger partial charge in [-0.15, -0.1) is 0 Å². The second-order valence-electron chi connectivity index (χ2n) is 6.07. The van der Waals surface area contributed by atoms with Crippen LogP contribution >= 0.6 is 0 Å². The van der Waals surface area contributed by atoms with Crippen molar-refractivity contribution in [3.8, 4) is 5.75 Å². The Morgan fingerprint density at radius 2 is 1.77 bits per heavy atom. The third kappa shape index (κ3) is 4.54. The van der Waals surface area contributed by atoms with Crippen LogP contribution in [0.3, 0.4) is 0 Å². The molecule has 0 N–H and O–H groups in total. The number of benzene rings is 2. The van der Waals surface area contributed by atoms with Gasteiger partial charge in [0.2, 0.25) is 0 Å². The van der Waals surface area contributed by atoms with E-state index in [1.165, 1.54) is 24.3 Å². The molecule has 1 aliphatic rings. The highest BCUT2D eigenvalue weighted by molar-refractivity contribution is 5.94. The second-order valence-corrected chi connectivity index (χ2v) is 6.07. The summed E-state index contributed by atoms with van der Waals surface area (Å²) in [5.74, 6) is -0.499. The Balaban J connectivity index is 1.58. The minimum atomic E-state index is -2.93. The molecule has 2 aromatic rings. The molecule has 0 atom stereocenters. The molecule has 1 amide bonds. The lowest BCUT2D eigenvalue weighted by molar-refractivity contribution is -0.0499. The van der Waals surface area contributed by atoms with Gasteiger partial charge in [0, 0.05) is 43.9 Å². The summed E-state index contributed by atoms with van der Waals surface area (Å²) in [6, 6.07) is 12.4. The van der Waals surface area contributed by atoms with Crippen LogP contribution in [0.2, 0.25) is 0 Å². The number of piperazine rings is 1. The van der Waals surface area contributed by atoms with Crippen molar-refractivity contribution < 1.29 is 22.7 Å². The maximum Gasteiger partial charge on any atom is 0.387 e. The van der Waals surface area contributed by atoms with Crippen molar-refractivity contribution in [3.63, 3.8) is 0 Å². The van der Waals surface area contributed by atoms with Gasteiger partial charge in [-0.3, -0.25) is 9.69 Å². The van der Waals surface area contributed by atoms with E-state index in [0.717, 1.165) is 0 Å². The zero-order valence-corrected chi connectivity index (χ0v) is 14.1. The van der Waals surface area contributed by atoms with Crippen molar-refractivity contribution in [2.45, 2.75) is 13.2 Å². The van der Waals surface area contributed by atoms with Gasteiger partial charge in [0.05, 0.1) is 0 Å². The van der Waals surface area contributed by atoms with Crippen LogP contribution in [0.15, 0.2) is 48.5 Å². The number of halogens is 3. The van der Waals surface area contributed by atoms with Gasteiger partial charge in [-0.05, 0) is 24.3 Å². The SMILES string of the molecule is O=C(c1cccc(OC(F)F)c1)N1CCN(Cc2ccccc2F)CC1. The number of nitrogens with zero attached hydrogens (tertiary/aromatic N) is 2. The summed E-state index contributed by atoms with van der Waals surface area (Å²) >= 11 is 0. The third-order valence-electron chi connectivity index (χ3n) is 4.32. The standard InChI is InChI=1S/C19H19F3N2O2/c20-17-7-2-1-4-15(17)13-23-8-10-24(11-9-23)18(25)14-5-3-6-16(12-14)26-19(21)22/h1-7,12,19H,8-11,13H2. The largest absolute Gasteiger partial charge is 0.435 e. The minimum Gasteiger partial charge on any atom is -0.435 e. The third-order valence-corrected chi connectivity index (χ3v) is 4.32. The number of alkyl halides is 2. The number of ether oxygens (including phenoxy) is 1. The average Bonchev–Trinajstić information content (AvgIpc) is 2.63. The molecule has 0 saturated carbocycles. The summed E-state index contributed by atoms with van der Waals surface area (Å²) < 4.78 is 42.7. The van der Waals surface area contributed by atoms with E-state index in [0.29, 0.717) is 43.9 Å². The van der Waals surface area contributed by atoms with Gasteiger partial charge in [-0.1, -0.05) is 24.3 Å². The number of carbonyl (C=O) groups excluding carboxylic acids is 1. The van der Waals surface area contributed by atoms with Crippen molar-refractivity contribution in [1.29, 1.82) is 0 Å². The monoisotopic (exact) mass is 364 g/mol.